The van der Waals surface area contributed by atoms with Crippen molar-refractivity contribution in [2.75, 3.05) is 4.90 Å². The minimum absolute atomic E-state index is 0.147. The lowest BCUT2D eigenvalue weighted by Gasteiger charge is -2.29. The monoisotopic (exact) mass is 868 g/mol. The first kappa shape index (κ1) is 38.6. The van der Waals surface area contributed by atoms with Gasteiger partial charge in [-0.25, -0.2) is 0 Å². The highest BCUT2D eigenvalue weighted by molar-refractivity contribution is 6.16. The zero-order valence-corrected chi connectivity index (χ0v) is 37.7. The summed E-state index contributed by atoms with van der Waals surface area (Å²) in [7, 11) is 0. The van der Waals surface area contributed by atoms with Crippen molar-refractivity contribution in [3.8, 4) is 39.1 Å². The fourth-order valence-corrected chi connectivity index (χ4v) is 11.5. The largest absolute Gasteiger partial charge is 0.456 e. The highest BCUT2D eigenvalue weighted by atomic mass is 16.3. The Labute approximate surface area is 394 Å². The third kappa shape index (κ3) is 5.72. The van der Waals surface area contributed by atoms with Gasteiger partial charge in [0.1, 0.15) is 11.2 Å². The van der Waals surface area contributed by atoms with Gasteiger partial charge in [0.25, 0.3) is 0 Å². The van der Waals surface area contributed by atoms with Crippen molar-refractivity contribution >= 4 is 82.4 Å². The van der Waals surface area contributed by atoms with Crippen molar-refractivity contribution < 1.29 is 4.42 Å². The molecule has 2 aromatic heterocycles. The maximum absolute atomic E-state index is 6.77. The van der Waals surface area contributed by atoms with E-state index >= 15 is 0 Å². The minimum Gasteiger partial charge on any atom is -0.456 e. The highest BCUT2D eigenvalue weighted by Gasteiger charge is 2.38. The summed E-state index contributed by atoms with van der Waals surface area (Å²) in [6.07, 6.45) is 0. The molecule has 13 aromatic rings. The first-order valence-corrected chi connectivity index (χ1v) is 23.6. The average Bonchev–Trinajstić information content (AvgIpc) is 4.02. The quantitative estimate of drug-likeness (QED) is 0.155. The van der Waals surface area contributed by atoms with Crippen molar-refractivity contribution in [3.63, 3.8) is 0 Å². The van der Waals surface area contributed by atoms with Gasteiger partial charge >= 0.3 is 0 Å². The number of hydrogen-bond acceptors (Lipinski definition) is 2. The minimum atomic E-state index is -0.147. The van der Waals surface area contributed by atoms with Crippen molar-refractivity contribution in [1.29, 1.82) is 0 Å². The van der Waals surface area contributed by atoms with Gasteiger partial charge in [-0.15, -0.1) is 0 Å². The van der Waals surface area contributed by atoms with E-state index in [1.807, 2.05) is 0 Å². The van der Waals surface area contributed by atoms with Gasteiger partial charge in [-0.3, -0.25) is 0 Å². The van der Waals surface area contributed by atoms with Crippen LogP contribution in [-0.2, 0) is 5.41 Å². The topological polar surface area (TPSA) is 21.3 Å². The Morgan fingerprint density at radius 2 is 1.03 bits per heavy atom. The Morgan fingerprint density at radius 3 is 1.90 bits per heavy atom. The average molecular weight is 869 g/mol. The van der Waals surface area contributed by atoms with E-state index in [-0.39, 0.29) is 5.41 Å². The van der Waals surface area contributed by atoms with Crippen LogP contribution in [0, 0.1) is 0 Å². The molecule has 0 fully saturated rings. The van der Waals surface area contributed by atoms with E-state index in [4.69, 9.17) is 4.42 Å². The SMILES string of the molecule is CC1(C)c2ccccc2-c2c(N(c3ccc(-c4ccccc4)cc3)c3cccc4oc5ccc(-c6ccc7c(c6)c6ccccc6n7-c6ccc7ccc8ccccc8c7c6)cc5c34)cccc21. The van der Waals surface area contributed by atoms with E-state index in [0.717, 1.165) is 55.8 Å². The molecule has 0 spiro atoms. The summed E-state index contributed by atoms with van der Waals surface area (Å²) in [5.74, 6) is 0. The number of aromatic nitrogens is 1. The van der Waals surface area contributed by atoms with Crippen LogP contribution in [-0.4, -0.2) is 4.57 Å². The van der Waals surface area contributed by atoms with Crippen LogP contribution in [0.15, 0.2) is 235 Å². The second kappa shape index (κ2) is 14.7. The second-order valence-electron chi connectivity index (χ2n) is 18.9. The van der Waals surface area contributed by atoms with E-state index in [9.17, 15) is 0 Å². The van der Waals surface area contributed by atoms with Crippen LogP contribution < -0.4 is 4.90 Å². The molecule has 1 aliphatic rings. The zero-order valence-electron chi connectivity index (χ0n) is 37.7. The van der Waals surface area contributed by atoms with Gasteiger partial charge in [-0.1, -0.05) is 172 Å². The van der Waals surface area contributed by atoms with Crippen molar-refractivity contribution in [2.24, 2.45) is 0 Å². The summed E-state index contributed by atoms with van der Waals surface area (Å²) in [4.78, 5) is 2.46. The summed E-state index contributed by atoms with van der Waals surface area (Å²) in [5, 5.41) is 9.64. The Morgan fingerprint density at radius 1 is 0.397 bits per heavy atom. The van der Waals surface area contributed by atoms with Crippen LogP contribution in [0.1, 0.15) is 25.0 Å². The molecule has 3 heteroatoms. The number of benzene rings is 11. The molecular weight excluding hydrogens is 825 g/mol. The Balaban J connectivity index is 0.951. The molecular formula is C65H44N2O. The number of fused-ring (bicyclic) bond motifs is 12. The Bertz CT molecular complexity index is 4170. The Hall–Kier alpha value is -8.66. The fourth-order valence-electron chi connectivity index (χ4n) is 11.5. The van der Waals surface area contributed by atoms with Gasteiger partial charge in [-0.2, -0.15) is 0 Å². The zero-order chi connectivity index (χ0) is 45.1. The molecule has 68 heavy (non-hydrogen) atoms. The smallest absolute Gasteiger partial charge is 0.137 e. The van der Waals surface area contributed by atoms with E-state index < -0.39 is 0 Å². The lowest BCUT2D eigenvalue weighted by atomic mass is 9.82. The number of anilines is 3. The van der Waals surface area contributed by atoms with E-state index in [1.165, 1.54) is 76.7 Å². The number of rotatable bonds is 6. The first-order valence-electron chi connectivity index (χ1n) is 23.6. The molecule has 1 aliphatic carbocycles. The molecule has 14 rings (SSSR count). The van der Waals surface area contributed by atoms with Gasteiger partial charge in [0, 0.05) is 38.5 Å². The lowest BCUT2D eigenvalue weighted by Crippen LogP contribution is -2.16. The van der Waals surface area contributed by atoms with Crippen molar-refractivity contribution in [3.05, 3.63) is 242 Å². The summed E-state index contributed by atoms with van der Waals surface area (Å²) in [5.41, 5.74) is 18.3. The summed E-state index contributed by atoms with van der Waals surface area (Å²) in [6.45, 7) is 4.71. The molecule has 11 aromatic carbocycles. The number of furan rings is 1. The first-order chi connectivity index (χ1) is 33.5. The molecule has 0 radical (unpaired) electrons. The van der Waals surface area contributed by atoms with Gasteiger partial charge in [0.2, 0.25) is 0 Å². The van der Waals surface area contributed by atoms with Crippen LogP contribution in [0.3, 0.4) is 0 Å². The van der Waals surface area contributed by atoms with E-state index in [2.05, 4.69) is 254 Å². The molecule has 0 saturated carbocycles. The third-order valence-corrected chi connectivity index (χ3v) is 14.8. The van der Waals surface area contributed by atoms with Crippen LogP contribution in [0.2, 0.25) is 0 Å². The third-order valence-electron chi connectivity index (χ3n) is 14.8. The molecule has 0 saturated heterocycles. The van der Waals surface area contributed by atoms with Gasteiger partial charge < -0.3 is 13.9 Å². The van der Waals surface area contributed by atoms with Crippen LogP contribution in [0.25, 0.3) is 104 Å². The second-order valence-corrected chi connectivity index (χ2v) is 18.9. The molecule has 320 valence electrons. The lowest BCUT2D eigenvalue weighted by molar-refractivity contribution is 0.660. The molecule has 0 atom stereocenters. The summed E-state index contributed by atoms with van der Waals surface area (Å²) >= 11 is 0. The molecule has 3 nitrogen and oxygen atoms in total. The van der Waals surface area contributed by atoms with Crippen molar-refractivity contribution in [1.82, 2.24) is 4.57 Å². The molecule has 0 unspecified atom stereocenters. The maximum Gasteiger partial charge on any atom is 0.137 e. The molecule has 0 N–H and O–H groups in total. The molecule has 0 aliphatic heterocycles. The normalized spacial score (nSPS) is 13.0. The fraction of sp³-hybridized carbons (Fsp3) is 0.0462. The predicted molar refractivity (Wildman–Crippen MR) is 286 cm³/mol. The van der Waals surface area contributed by atoms with Gasteiger partial charge in [0.15, 0.2) is 0 Å². The van der Waals surface area contributed by atoms with E-state index in [1.54, 1.807) is 0 Å². The number of nitrogens with zero attached hydrogens (tertiary/aromatic N) is 2. The highest BCUT2D eigenvalue weighted by Crippen LogP contribution is 2.55. The van der Waals surface area contributed by atoms with Crippen molar-refractivity contribution in [2.45, 2.75) is 19.3 Å². The predicted octanol–water partition coefficient (Wildman–Crippen LogP) is 18.1. The molecule has 2 heterocycles. The van der Waals surface area contributed by atoms with Gasteiger partial charge in [0.05, 0.1) is 27.8 Å². The molecule has 0 bridgehead atoms. The Kier molecular flexibility index (Phi) is 8.33. The van der Waals surface area contributed by atoms with Gasteiger partial charge in [-0.05, 0) is 133 Å². The maximum atomic E-state index is 6.77. The van der Waals surface area contributed by atoms with Crippen LogP contribution >= 0.6 is 0 Å². The molecule has 0 amide bonds. The van der Waals surface area contributed by atoms with Crippen LogP contribution in [0.4, 0.5) is 17.1 Å². The summed E-state index contributed by atoms with van der Waals surface area (Å²) in [6, 6.07) is 84.4. The number of para-hydroxylation sites is 1. The van der Waals surface area contributed by atoms with E-state index in [0.29, 0.717) is 0 Å². The standard InChI is InChI=1S/C65H44N2O/c1-65(2)55-20-10-8-19-51(55)63-56(65)21-12-23-59(63)66(47-33-28-42(29-34-47)41-14-4-3-5-15-41)60-24-13-25-62-64(60)54-39-46(32-37-61(54)68-62)45-31-36-58-53(38-45)50-18-9-11-22-57(50)67(58)48-35-30-44-27-26-43-16-6-7-17-49(43)52(44)40-48/h3-40H,1-2H3. The summed E-state index contributed by atoms with van der Waals surface area (Å²) < 4.78 is 9.20. The number of hydrogen-bond donors (Lipinski definition) is 0. The van der Waals surface area contributed by atoms with Crippen LogP contribution in [0.5, 0.6) is 0 Å².